The van der Waals surface area contributed by atoms with Gasteiger partial charge in [-0.1, -0.05) is 11.6 Å². The Hall–Kier alpha value is -2.67. The number of carbonyl (C=O) groups excluding carboxylic acids is 2. The topological polar surface area (TPSA) is 82.7 Å². The molecule has 0 spiro atoms. The molecule has 27 heavy (non-hydrogen) atoms. The van der Waals surface area contributed by atoms with Crippen LogP contribution >= 0.6 is 0 Å². The monoisotopic (exact) mass is 371 g/mol. The van der Waals surface area contributed by atoms with E-state index in [0.29, 0.717) is 37.1 Å². The number of H-pyrrole nitrogens is 1. The van der Waals surface area contributed by atoms with E-state index >= 15 is 0 Å². The number of piperazine rings is 1. The van der Waals surface area contributed by atoms with Crippen LogP contribution in [0.25, 0.3) is 10.9 Å². The van der Waals surface area contributed by atoms with Crippen molar-refractivity contribution < 1.29 is 14.3 Å². The van der Waals surface area contributed by atoms with Crippen molar-refractivity contribution in [2.45, 2.75) is 26.3 Å². The van der Waals surface area contributed by atoms with Crippen LogP contribution in [0.3, 0.4) is 0 Å². The Bertz CT molecular complexity index is 940. The highest BCUT2D eigenvalue weighted by Crippen LogP contribution is 2.19. The molecule has 1 aliphatic heterocycles. The summed E-state index contributed by atoms with van der Waals surface area (Å²) in [7, 11) is 1.37. The molecule has 1 saturated heterocycles. The fraction of sp³-hybridized carbons (Fsp3) is 0.450. The average Bonchev–Trinajstić information content (AvgIpc) is 2.67. The van der Waals surface area contributed by atoms with Crippen molar-refractivity contribution in [1.29, 1.82) is 0 Å². The van der Waals surface area contributed by atoms with Gasteiger partial charge in [-0.3, -0.25) is 19.3 Å². The molecule has 0 atom stereocenters. The number of aromatic amines is 1. The fourth-order valence-electron chi connectivity index (χ4n) is 3.51. The number of hydrogen-bond acceptors (Lipinski definition) is 5. The van der Waals surface area contributed by atoms with E-state index in [1.807, 2.05) is 37.8 Å². The van der Waals surface area contributed by atoms with Crippen molar-refractivity contribution in [3.8, 4) is 0 Å². The Balaban J connectivity index is 1.79. The predicted octanol–water partition coefficient (Wildman–Crippen LogP) is 1.55. The molecule has 7 heteroatoms. The standard InChI is InChI=1S/C20H25N3O4/c1-13-5-6-16-14(11-13)17(24)15(12-21-16)18(25)22-7-9-23(10-8-22)20(2,3)19(26)27-4/h5-6,11-12H,7-10H2,1-4H3,(H,21,24). The fourth-order valence-corrected chi connectivity index (χ4v) is 3.51. The second-order valence-corrected chi connectivity index (χ2v) is 7.41. The number of esters is 1. The number of aryl methyl sites for hydroxylation is 1. The smallest absolute Gasteiger partial charge is 0.325 e. The maximum atomic E-state index is 12.9. The maximum Gasteiger partial charge on any atom is 0.325 e. The van der Waals surface area contributed by atoms with Crippen LogP contribution in [-0.2, 0) is 9.53 Å². The lowest BCUT2D eigenvalue weighted by atomic mass is 10.0. The van der Waals surface area contributed by atoms with Crippen molar-refractivity contribution in [3.63, 3.8) is 0 Å². The van der Waals surface area contributed by atoms with Crippen molar-refractivity contribution in [2.24, 2.45) is 0 Å². The van der Waals surface area contributed by atoms with E-state index in [-0.39, 0.29) is 22.9 Å². The van der Waals surface area contributed by atoms with Crippen molar-refractivity contribution in [2.75, 3.05) is 33.3 Å². The molecule has 3 rings (SSSR count). The molecular formula is C20H25N3O4. The molecule has 0 saturated carbocycles. The molecule has 1 amide bonds. The van der Waals surface area contributed by atoms with E-state index in [9.17, 15) is 14.4 Å². The second-order valence-electron chi connectivity index (χ2n) is 7.41. The van der Waals surface area contributed by atoms with Crippen LogP contribution in [-0.4, -0.2) is 65.5 Å². The molecule has 0 radical (unpaired) electrons. The first-order chi connectivity index (χ1) is 12.8. The lowest BCUT2D eigenvalue weighted by Gasteiger charge is -2.42. The molecule has 2 aromatic rings. The van der Waals surface area contributed by atoms with E-state index in [4.69, 9.17) is 4.74 Å². The minimum absolute atomic E-state index is 0.147. The van der Waals surface area contributed by atoms with E-state index in [2.05, 4.69) is 4.98 Å². The number of fused-ring (bicyclic) bond motifs is 1. The van der Waals surface area contributed by atoms with Gasteiger partial charge in [-0.05, 0) is 32.9 Å². The SMILES string of the molecule is COC(=O)C(C)(C)N1CCN(C(=O)c2c[nH]c3ccc(C)cc3c2=O)CC1. The second kappa shape index (κ2) is 7.15. The number of aromatic nitrogens is 1. The maximum absolute atomic E-state index is 12.9. The largest absolute Gasteiger partial charge is 0.468 e. The van der Waals surface area contributed by atoms with Crippen LogP contribution in [0.4, 0.5) is 0 Å². The van der Waals surface area contributed by atoms with Gasteiger partial charge in [0.15, 0.2) is 0 Å². The van der Waals surface area contributed by atoms with E-state index in [0.717, 1.165) is 5.56 Å². The van der Waals surface area contributed by atoms with Gasteiger partial charge in [-0.25, -0.2) is 0 Å². The first-order valence-electron chi connectivity index (χ1n) is 9.00. The third-order valence-corrected chi connectivity index (χ3v) is 5.31. The summed E-state index contributed by atoms with van der Waals surface area (Å²) in [6.07, 6.45) is 1.49. The van der Waals surface area contributed by atoms with Gasteiger partial charge >= 0.3 is 5.97 Å². The Labute approximate surface area is 157 Å². The number of benzene rings is 1. The summed E-state index contributed by atoms with van der Waals surface area (Å²) in [5.41, 5.74) is 0.827. The summed E-state index contributed by atoms with van der Waals surface area (Å²) in [6.45, 7) is 7.51. The van der Waals surface area contributed by atoms with Gasteiger partial charge in [0, 0.05) is 43.3 Å². The number of methoxy groups -OCH3 is 1. The Kier molecular flexibility index (Phi) is 5.06. The lowest BCUT2D eigenvalue weighted by Crippen LogP contribution is -2.59. The van der Waals surface area contributed by atoms with Crippen LogP contribution in [0, 0.1) is 6.92 Å². The van der Waals surface area contributed by atoms with Crippen LogP contribution < -0.4 is 5.43 Å². The first kappa shape index (κ1) is 19.1. The number of ether oxygens (including phenoxy) is 1. The van der Waals surface area contributed by atoms with E-state index in [1.165, 1.54) is 13.3 Å². The lowest BCUT2D eigenvalue weighted by molar-refractivity contribution is -0.154. The summed E-state index contributed by atoms with van der Waals surface area (Å²) < 4.78 is 4.87. The van der Waals surface area contributed by atoms with Crippen LogP contribution in [0.15, 0.2) is 29.2 Å². The normalized spacial score (nSPS) is 15.8. The van der Waals surface area contributed by atoms with Gasteiger partial charge < -0.3 is 14.6 Å². The number of rotatable bonds is 3. The summed E-state index contributed by atoms with van der Waals surface area (Å²) >= 11 is 0. The van der Waals surface area contributed by atoms with Gasteiger partial charge in [0.05, 0.1) is 7.11 Å². The summed E-state index contributed by atoms with van der Waals surface area (Å²) in [5.74, 6) is -0.584. The molecule has 7 nitrogen and oxygen atoms in total. The number of nitrogens with one attached hydrogen (secondary N) is 1. The molecule has 1 aromatic heterocycles. The Morgan fingerprint density at radius 1 is 1.15 bits per heavy atom. The van der Waals surface area contributed by atoms with Gasteiger partial charge in [0.2, 0.25) is 5.43 Å². The van der Waals surface area contributed by atoms with Crippen molar-refractivity contribution in [1.82, 2.24) is 14.8 Å². The minimum Gasteiger partial charge on any atom is -0.468 e. The Morgan fingerprint density at radius 3 is 2.44 bits per heavy atom. The first-order valence-corrected chi connectivity index (χ1v) is 9.00. The molecule has 0 bridgehead atoms. The predicted molar refractivity (Wildman–Crippen MR) is 103 cm³/mol. The number of amides is 1. The molecule has 0 aliphatic carbocycles. The van der Waals surface area contributed by atoms with E-state index < -0.39 is 5.54 Å². The minimum atomic E-state index is -0.748. The molecule has 144 valence electrons. The van der Waals surface area contributed by atoms with E-state index in [1.54, 1.807) is 11.0 Å². The average molecular weight is 371 g/mol. The van der Waals surface area contributed by atoms with Crippen LogP contribution in [0.1, 0.15) is 29.8 Å². The Morgan fingerprint density at radius 2 is 1.81 bits per heavy atom. The highest BCUT2D eigenvalue weighted by atomic mass is 16.5. The van der Waals surface area contributed by atoms with Crippen molar-refractivity contribution in [3.05, 3.63) is 45.7 Å². The number of carbonyl (C=O) groups is 2. The highest BCUT2D eigenvalue weighted by molar-refractivity contribution is 5.97. The quantitative estimate of drug-likeness (QED) is 0.828. The zero-order valence-corrected chi connectivity index (χ0v) is 16.2. The third kappa shape index (κ3) is 3.47. The number of hydrogen-bond donors (Lipinski definition) is 1. The number of pyridine rings is 1. The molecule has 1 N–H and O–H groups in total. The summed E-state index contributed by atoms with van der Waals surface area (Å²) in [6, 6.07) is 5.55. The highest BCUT2D eigenvalue weighted by Gasteiger charge is 2.38. The summed E-state index contributed by atoms with van der Waals surface area (Å²) in [5, 5.41) is 0.520. The zero-order chi connectivity index (χ0) is 19.8. The molecule has 2 heterocycles. The van der Waals surface area contributed by atoms with Gasteiger partial charge in [-0.15, -0.1) is 0 Å². The molecule has 1 aromatic carbocycles. The molecule has 0 unspecified atom stereocenters. The van der Waals surface area contributed by atoms with Crippen molar-refractivity contribution >= 4 is 22.8 Å². The van der Waals surface area contributed by atoms with Crippen LogP contribution in [0.2, 0.25) is 0 Å². The zero-order valence-electron chi connectivity index (χ0n) is 16.2. The third-order valence-electron chi connectivity index (χ3n) is 5.31. The molecule has 1 fully saturated rings. The molecule has 1 aliphatic rings. The van der Waals surface area contributed by atoms with Gasteiger partial charge in [0.25, 0.3) is 5.91 Å². The van der Waals surface area contributed by atoms with Gasteiger partial charge in [0.1, 0.15) is 11.1 Å². The number of nitrogens with zero attached hydrogens (tertiary/aromatic N) is 2. The van der Waals surface area contributed by atoms with Gasteiger partial charge in [-0.2, -0.15) is 0 Å². The van der Waals surface area contributed by atoms with Crippen LogP contribution in [0.5, 0.6) is 0 Å². The molecular weight excluding hydrogens is 346 g/mol. The summed E-state index contributed by atoms with van der Waals surface area (Å²) in [4.78, 5) is 44.3.